The smallest absolute Gasteiger partial charge is 0.158 e. The van der Waals surface area contributed by atoms with E-state index in [1.807, 2.05) is 6.07 Å². The molecule has 2 unspecified atom stereocenters. The largest absolute Gasteiger partial charge is 0.353 e. The molecule has 0 aliphatic carbocycles. The summed E-state index contributed by atoms with van der Waals surface area (Å²) in [5.41, 5.74) is 1.30. The van der Waals surface area contributed by atoms with Gasteiger partial charge in [0.1, 0.15) is 5.82 Å². The average Bonchev–Trinajstić information content (AvgIpc) is 2.61. The third kappa shape index (κ3) is 5.23. The Bertz CT molecular complexity index is 505. The molecule has 2 saturated heterocycles. The van der Waals surface area contributed by atoms with Crippen molar-refractivity contribution in [1.82, 2.24) is 0 Å². The topological polar surface area (TPSA) is 36.9 Å². The minimum Gasteiger partial charge on any atom is -0.353 e. The number of ether oxygens (including phenoxy) is 4. The predicted octanol–water partition coefficient (Wildman–Crippen LogP) is 4.67. The van der Waals surface area contributed by atoms with E-state index in [4.69, 9.17) is 18.9 Å². The van der Waals surface area contributed by atoms with E-state index in [9.17, 15) is 4.39 Å². The lowest BCUT2D eigenvalue weighted by Gasteiger charge is -2.23. The molecule has 0 bridgehead atoms. The Labute approximate surface area is 150 Å². The maximum atomic E-state index is 14.4. The number of rotatable bonds is 6. The summed E-state index contributed by atoms with van der Waals surface area (Å²) >= 11 is 3.44. The maximum Gasteiger partial charge on any atom is 0.158 e. The van der Waals surface area contributed by atoms with Gasteiger partial charge in [-0.25, -0.2) is 4.39 Å². The molecule has 0 spiro atoms. The minimum absolute atomic E-state index is 0.174. The minimum atomic E-state index is -0.289. The Kier molecular flexibility index (Phi) is 7.04. The van der Waals surface area contributed by atoms with E-state index < -0.39 is 0 Å². The zero-order valence-corrected chi connectivity index (χ0v) is 15.4. The molecule has 2 atom stereocenters. The quantitative estimate of drug-likeness (QED) is 0.692. The average molecular weight is 403 g/mol. The molecule has 2 heterocycles. The van der Waals surface area contributed by atoms with Gasteiger partial charge in [-0.3, -0.25) is 0 Å². The molecule has 0 saturated carbocycles. The van der Waals surface area contributed by atoms with Crippen LogP contribution in [0.5, 0.6) is 0 Å². The molecule has 24 heavy (non-hydrogen) atoms. The predicted molar refractivity (Wildman–Crippen MR) is 90.9 cm³/mol. The lowest BCUT2D eigenvalue weighted by atomic mass is 10.1. The zero-order chi connectivity index (χ0) is 16.8. The monoisotopic (exact) mass is 402 g/mol. The molecule has 1 aromatic carbocycles. The van der Waals surface area contributed by atoms with Gasteiger partial charge in [0.05, 0.1) is 13.2 Å². The summed E-state index contributed by atoms with van der Waals surface area (Å²) in [7, 11) is 0. The third-order valence-electron chi connectivity index (χ3n) is 4.33. The Balaban J connectivity index is 1.54. The highest BCUT2D eigenvalue weighted by Crippen LogP contribution is 2.26. The highest BCUT2D eigenvalue weighted by molar-refractivity contribution is 9.10. The summed E-state index contributed by atoms with van der Waals surface area (Å²) in [6, 6.07) is 3.39. The number of halogens is 2. The Morgan fingerprint density at radius 1 is 0.958 bits per heavy atom. The van der Waals surface area contributed by atoms with Crippen molar-refractivity contribution in [2.24, 2.45) is 0 Å². The van der Waals surface area contributed by atoms with Crippen LogP contribution in [0.4, 0.5) is 4.39 Å². The summed E-state index contributed by atoms with van der Waals surface area (Å²) in [5.74, 6) is -0.289. The molecule has 0 amide bonds. The van der Waals surface area contributed by atoms with Crippen molar-refractivity contribution >= 4 is 15.9 Å². The highest BCUT2D eigenvalue weighted by Gasteiger charge is 2.18. The highest BCUT2D eigenvalue weighted by atomic mass is 79.9. The fraction of sp³-hybridized carbons (Fsp3) is 0.667. The second-order valence-electron chi connectivity index (χ2n) is 6.25. The maximum absolute atomic E-state index is 14.4. The van der Waals surface area contributed by atoms with Crippen LogP contribution in [0.3, 0.4) is 0 Å². The SMILES string of the molecule is Fc1cc(COC2CCCCO2)cc(Br)c1COC1CCCCO1. The fourth-order valence-corrected chi connectivity index (χ4v) is 3.53. The summed E-state index contributed by atoms with van der Waals surface area (Å²) in [6.07, 6.45) is 5.72. The van der Waals surface area contributed by atoms with Gasteiger partial charge in [-0.15, -0.1) is 0 Å². The molecule has 0 radical (unpaired) electrons. The van der Waals surface area contributed by atoms with Gasteiger partial charge < -0.3 is 18.9 Å². The molecule has 2 aliphatic rings. The molecule has 3 rings (SSSR count). The molecule has 0 aromatic heterocycles. The van der Waals surface area contributed by atoms with Gasteiger partial charge in [0.15, 0.2) is 12.6 Å². The van der Waals surface area contributed by atoms with Crippen molar-refractivity contribution in [2.75, 3.05) is 13.2 Å². The van der Waals surface area contributed by atoms with E-state index in [0.29, 0.717) is 23.2 Å². The third-order valence-corrected chi connectivity index (χ3v) is 5.03. The van der Waals surface area contributed by atoms with Crippen LogP contribution in [0.1, 0.15) is 49.7 Å². The lowest BCUT2D eigenvalue weighted by molar-refractivity contribution is -0.170. The fourth-order valence-electron chi connectivity index (χ4n) is 2.93. The molecule has 2 aliphatic heterocycles. The molecule has 1 aromatic rings. The van der Waals surface area contributed by atoms with E-state index in [2.05, 4.69) is 15.9 Å². The van der Waals surface area contributed by atoms with E-state index in [1.54, 1.807) is 0 Å². The van der Waals surface area contributed by atoms with Crippen molar-refractivity contribution in [3.63, 3.8) is 0 Å². The first-order chi connectivity index (χ1) is 11.7. The Morgan fingerprint density at radius 3 is 2.12 bits per heavy atom. The number of hydrogen-bond donors (Lipinski definition) is 0. The normalized spacial score (nSPS) is 24.9. The first-order valence-corrected chi connectivity index (χ1v) is 9.45. The molecule has 0 N–H and O–H groups in total. The van der Waals surface area contributed by atoms with Crippen LogP contribution in [0, 0.1) is 5.82 Å². The first kappa shape index (κ1) is 18.3. The molecule has 2 fully saturated rings. The van der Waals surface area contributed by atoms with Crippen LogP contribution in [0.15, 0.2) is 16.6 Å². The molecule has 4 nitrogen and oxygen atoms in total. The number of benzene rings is 1. The van der Waals surface area contributed by atoms with Gasteiger partial charge in [0.25, 0.3) is 0 Å². The second kappa shape index (κ2) is 9.25. The summed E-state index contributed by atoms with van der Waals surface area (Å²) in [5, 5.41) is 0. The van der Waals surface area contributed by atoms with E-state index in [-0.39, 0.29) is 25.0 Å². The van der Waals surface area contributed by atoms with Crippen LogP contribution in [-0.4, -0.2) is 25.8 Å². The van der Waals surface area contributed by atoms with E-state index in [0.717, 1.165) is 50.7 Å². The van der Waals surface area contributed by atoms with Gasteiger partial charge >= 0.3 is 0 Å². The van der Waals surface area contributed by atoms with Crippen molar-refractivity contribution < 1.29 is 23.3 Å². The van der Waals surface area contributed by atoms with Crippen LogP contribution >= 0.6 is 15.9 Å². The molecule has 134 valence electrons. The molecular weight excluding hydrogens is 379 g/mol. The van der Waals surface area contributed by atoms with E-state index in [1.165, 1.54) is 6.07 Å². The first-order valence-electron chi connectivity index (χ1n) is 8.65. The number of hydrogen-bond acceptors (Lipinski definition) is 4. The van der Waals surface area contributed by atoms with Crippen LogP contribution < -0.4 is 0 Å². The van der Waals surface area contributed by atoms with Crippen LogP contribution in [0.25, 0.3) is 0 Å². The summed E-state index contributed by atoms with van der Waals surface area (Å²) in [6.45, 7) is 1.99. The van der Waals surface area contributed by atoms with Gasteiger partial charge in [0.2, 0.25) is 0 Å². The Hall–Kier alpha value is -0.530. The lowest BCUT2D eigenvalue weighted by Crippen LogP contribution is -2.22. The molecule has 6 heteroatoms. The van der Waals surface area contributed by atoms with Crippen molar-refractivity contribution in [2.45, 2.75) is 64.3 Å². The summed E-state index contributed by atoms with van der Waals surface area (Å²) < 4.78 is 37.5. The molecular formula is C18H24BrFO4. The van der Waals surface area contributed by atoms with E-state index >= 15 is 0 Å². The van der Waals surface area contributed by atoms with Crippen LogP contribution in [0.2, 0.25) is 0 Å². The van der Waals surface area contributed by atoms with Gasteiger partial charge in [-0.1, -0.05) is 15.9 Å². The van der Waals surface area contributed by atoms with Crippen molar-refractivity contribution in [3.8, 4) is 0 Å². The van der Waals surface area contributed by atoms with Crippen molar-refractivity contribution in [3.05, 3.63) is 33.5 Å². The standard InChI is InChI=1S/C18H24BrFO4/c19-15-9-13(11-23-17-5-1-3-7-21-17)10-16(20)14(15)12-24-18-6-2-4-8-22-18/h9-10,17-18H,1-8,11-12H2. The Morgan fingerprint density at radius 2 is 1.58 bits per heavy atom. The van der Waals surface area contributed by atoms with Crippen molar-refractivity contribution in [1.29, 1.82) is 0 Å². The second-order valence-corrected chi connectivity index (χ2v) is 7.11. The zero-order valence-electron chi connectivity index (χ0n) is 13.8. The van der Waals surface area contributed by atoms with Gasteiger partial charge in [0, 0.05) is 23.2 Å². The van der Waals surface area contributed by atoms with Gasteiger partial charge in [-0.2, -0.15) is 0 Å². The van der Waals surface area contributed by atoms with Gasteiger partial charge in [-0.05, 0) is 56.2 Å². The van der Waals surface area contributed by atoms with Crippen LogP contribution in [-0.2, 0) is 32.2 Å². The summed E-state index contributed by atoms with van der Waals surface area (Å²) in [4.78, 5) is 0.